The summed E-state index contributed by atoms with van der Waals surface area (Å²) in [5, 5.41) is 0. The average Bonchev–Trinajstić information content (AvgIpc) is 2.77. The second kappa shape index (κ2) is 10.0. The van der Waals surface area contributed by atoms with Gasteiger partial charge in [0.05, 0.1) is 14.2 Å². The first-order valence-electron chi connectivity index (χ1n) is 10.9. The van der Waals surface area contributed by atoms with Crippen LogP contribution in [0.1, 0.15) is 48.5 Å². The van der Waals surface area contributed by atoms with Crippen molar-refractivity contribution in [2.24, 2.45) is 11.8 Å². The molecule has 1 unspecified atom stereocenters. The van der Waals surface area contributed by atoms with Gasteiger partial charge in [-0.1, -0.05) is 13.0 Å². The van der Waals surface area contributed by atoms with Crippen LogP contribution in [0.15, 0.2) is 24.8 Å². The van der Waals surface area contributed by atoms with Gasteiger partial charge in [0.1, 0.15) is 0 Å². The Balaban J connectivity index is 1.67. The normalized spacial score (nSPS) is 20.0. The third-order valence-electron chi connectivity index (χ3n) is 6.27. The van der Waals surface area contributed by atoms with E-state index < -0.39 is 0 Å². The van der Waals surface area contributed by atoms with Gasteiger partial charge in [-0.2, -0.15) is 0 Å². The highest BCUT2D eigenvalue weighted by Crippen LogP contribution is 2.34. The summed E-state index contributed by atoms with van der Waals surface area (Å²) in [4.78, 5) is 29.9. The Kier molecular flexibility index (Phi) is 7.40. The summed E-state index contributed by atoms with van der Waals surface area (Å²) < 4.78 is 10.9. The van der Waals surface area contributed by atoms with Crippen molar-refractivity contribution in [2.45, 2.75) is 39.0 Å². The van der Waals surface area contributed by atoms with Gasteiger partial charge in [0.25, 0.3) is 5.91 Å². The number of hydrogen-bond donors (Lipinski definition) is 0. The van der Waals surface area contributed by atoms with E-state index in [4.69, 9.17) is 9.47 Å². The van der Waals surface area contributed by atoms with Crippen LogP contribution in [0.25, 0.3) is 0 Å². The van der Waals surface area contributed by atoms with Crippen molar-refractivity contribution in [3.8, 4) is 11.5 Å². The van der Waals surface area contributed by atoms with Crippen molar-refractivity contribution in [1.82, 2.24) is 9.80 Å². The summed E-state index contributed by atoms with van der Waals surface area (Å²) in [6, 6.07) is 3.60. The Bertz CT molecular complexity index is 784. The lowest BCUT2D eigenvalue weighted by Gasteiger charge is -2.37. The summed E-state index contributed by atoms with van der Waals surface area (Å²) in [5.41, 5.74) is 1.46. The van der Waals surface area contributed by atoms with Crippen LogP contribution in [0.5, 0.6) is 11.5 Å². The molecule has 0 bridgehead atoms. The third kappa shape index (κ3) is 4.79. The third-order valence-corrected chi connectivity index (χ3v) is 6.27. The summed E-state index contributed by atoms with van der Waals surface area (Å²) in [6.45, 7) is 8.95. The molecule has 0 spiro atoms. The van der Waals surface area contributed by atoms with Crippen molar-refractivity contribution in [2.75, 3.05) is 40.4 Å². The van der Waals surface area contributed by atoms with E-state index in [-0.39, 0.29) is 17.7 Å². The molecular formula is C24H34N2O4. The standard InChI is InChI=1S/C24H34N2O4/c1-5-7-19-14-20(15-21(29-3)22(19)30-4)24(28)25-12-9-18(10-13-25)23(27)26-11-6-8-17(2)16-26/h5,14-15,17-18H,1,6-13,16H2,2-4H3. The molecule has 1 atom stereocenters. The highest BCUT2D eigenvalue weighted by Gasteiger charge is 2.32. The van der Waals surface area contributed by atoms with Crippen molar-refractivity contribution in [1.29, 1.82) is 0 Å². The lowest BCUT2D eigenvalue weighted by molar-refractivity contribution is -0.138. The number of amides is 2. The molecule has 2 aliphatic rings. The first-order valence-corrected chi connectivity index (χ1v) is 10.9. The molecular weight excluding hydrogens is 380 g/mol. The number of nitrogens with zero attached hydrogens (tertiary/aromatic N) is 2. The molecule has 164 valence electrons. The number of likely N-dealkylation sites (tertiary alicyclic amines) is 2. The van der Waals surface area contributed by atoms with Crippen LogP contribution >= 0.6 is 0 Å². The zero-order valence-corrected chi connectivity index (χ0v) is 18.5. The van der Waals surface area contributed by atoms with Crippen LogP contribution in [-0.4, -0.2) is 62.0 Å². The first kappa shape index (κ1) is 22.2. The molecule has 3 rings (SSSR count). The fourth-order valence-electron chi connectivity index (χ4n) is 4.63. The van der Waals surface area contributed by atoms with E-state index >= 15 is 0 Å². The zero-order chi connectivity index (χ0) is 21.7. The Labute approximate surface area is 179 Å². The molecule has 0 N–H and O–H groups in total. The van der Waals surface area contributed by atoms with Crippen molar-refractivity contribution < 1.29 is 19.1 Å². The van der Waals surface area contributed by atoms with Crippen LogP contribution in [0.4, 0.5) is 0 Å². The molecule has 0 aromatic heterocycles. The number of carbonyl (C=O) groups is 2. The van der Waals surface area contributed by atoms with E-state index in [1.54, 1.807) is 26.4 Å². The average molecular weight is 415 g/mol. The number of benzene rings is 1. The number of allylic oxidation sites excluding steroid dienone is 1. The topological polar surface area (TPSA) is 59.1 Å². The number of ether oxygens (including phenoxy) is 2. The van der Waals surface area contributed by atoms with Crippen molar-refractivity contribution in [3.05, 3.63) is 35.9 Å². The van der Waals surface area contributed by atoms with Crippen LogP contribution in [0.2, 0.25) is 0 Å². The van der Waals surface area contributed by atoms with Gasteiger partial charge < -0.3 is 19.3 Å². The smallest absolute Gasteiger partial charge is 0.254 e. The van der Waals surface area contributed by atoms with Gasteiger partial charge in [-0.25, -0.2) is 0 Å². The number of methoxy groups -OCH3 is 2. The molecule has 2 aliphatic heterocycles. The van der Waals surface area contributed by atoms with Gasteiger partial charge >= 0.3 is 0 Å². The van der Waals surface area contributed by atoms with Crippen LogP contribution in [0.3, 0.4) is 0 Å². The minimum Gasteiger partial charge on any atom is -0.493 e. The maximum atomic E-state index is 13.2. The molecule has 2 amide bonds. The highest BCUT2D eigenvalue weighted by atomic mass is 16.5. The second-order valence-corrected chi connectivity index (χ2v) is 8.46. The van der Waals surface area contributed by atoms with Gasteiger partial charge in [0.2, 0.25) is 5.91 Å². The van der Waals surface area contributed by atoms with E-state index in [2.05, 4.69) is 13.5 Å². The Morgan fingerprint density at radius 3 is 2.43 bits per heavy atom. The Morgan fingerprint density at radius 2 is 1.83 bits per heavy atom. The molecule has 0 radical (unpaired) electrons. The molecule has 1 aromatic carbocycles. The van der Waals surface area contributed by atoms with Crippen LogP contribution in [-0.2, 0) is 11.2 Å². The molecule has 30 heavy (non-hydrogen) atoms. The van der Waals surface area contributed by atoms with Gasteiger partial charge in [0.15, 0.2) is 11.5 Å². The molecule has 2 saturated heterocycles. The van der Waals surface area contributed by atoms with Gasteiger partial charge in [-0.15, -0.1) is 6.58 Å². The number of hydrogen-bond acceptors (Lipinski definition) is 4. The maximum Gasteiger partial charge on any atom is 0.254 e. The zero-order valence-electron chi connectivity index (χ0n) is 18.5. The number of rotatable bonds is 6. The minimum atomic E-state index is -0.0289. The summed E-state index contributed by atoms with van der Waals surface area (Å²) in [5.74, 6) is 2.03. The van der Waals surface area contributed by atoms with E-state index in [1.807, 2.05) is 15.9 Å². The molecule has 6 heteroatoms. The van der Waals surface area contributed by atoms with Gasteiger partial charge in [-0.05, 0) is 50.2 Å². The van der Waals surface area contributed by atoms with Crippen molar-refractivity contribution >= 4 is 11.8 Å². The predicted molar refractivity (Wildman–Crippen MR) is 117 cm³/mol. The minimum absolute atomic E-state index is 0.0288. The summed E-state index contributed by atoms with van der Waals surface area (Å²) in [7, 11) is 3.17. The fourth-order valence-corrected chi connectivity index (χ4v) is 4.63. The molecule has 2 fully saturated rings. The van der Waals surface area contributed by atoms with E-state index in [0.717, 1.165) is 37.9 Å². The van der Waals surface area contributed by atoms with E-state index in [1.165, 1.54) is 6.42 Å². The highest BCUT2D eigenvalue weighted by molar-refractivity contribution is 5.95. The predicted octanol–water partition coefficient (Wildman–Crippen LogP) is 3.54. The van der Waals surface area contributed by atoms with Crippen LogP contribution in [0, 0.1) is 11.8 Å². The Hall–Kier alpha value is -2.50. The van der Waals surface area contributed by atoms with E-state index in [9.17, 15) is 9.59 Å². The quantitative estimate of drug-likeness (QED) is 0.668. The number of carbonyl (C=O) groups excluding carboxylic acids is 2. The largest absolute Gasteiger partial charge is 0.493 e. The summed E-state index contributed by atoms with van der Waals surface area (Å²) in [6.07, 6.45) is 6.12. The SMILES string of the molecule is C=CCc1cc(C(=O)N2CCC(C(=O)N3CCCC(C)C3)CC2)cc(OC)c1OC. The lowest BCUT2D eigenvalue weighted by Crippen LogP contribution is -2.47. The molecule has 0 saturated carbocycles. The van der Waals surface area contributed by atoms with Gasteiger partial charge in [-0.3, -0.25) is 9.59 Å². The van der Waals surface area contributed by atoms with E-state index in [0.29, 0.717) is 42.5 Å². The molecule has 2 heterocycles. The monoisotopic (exact) mass is 414 g/mol. The summed E-state index contributed by atoms with van der Waals surface area (Å²) >= 11 is 0. The number of piperidine rings is 2. The first-order chi connectivity index (χ1) is 14.5. The molecule has 0 aliphatic carbocycles. The van der Waals surface area contributed by atoms with Crippen LogP contribution < -0.4 is 9.47 Å². The molecule has 6 nitrogen and oxygen atoms in total. The second-order valence-electron chi connectivity index (χ2n) is 8.46. The van der Waals surface area contributed by atoms with Gasteiger partial charge in [0, 0.05) is 43.2 Å². The lowest BCUT2D eigenvalue weighted by atomic mass is 9.92. The fraction of sp³-hybridized carbons (Fsp3) is 0.583. The molecule has 1 aromatic rings. The maximum absolute atomic E-state index is 13.2. The van der Waals surface area contributed by atoms with Crippen molar-refractivity contribution in [3.63, 3.8) is 0 Å². The Morgan fingerprint density at radius 1 is 1.10 bits per heavy atom.